The third-order valence-corrected chi connectivity index (χ3v) is 6.46. The number of amides is 1. The molecule has 3 N–H and O–H groups in total. The summed E-state index contributed by atoms with van der Waals surface area (Å²) in [5, 5.41) is 0. The Morgan fingerprint density at radius 3 is 2.52 bits per heavy atom. The van der Waals surface area contributed by atoms with Gasteiger partial charge in [0, 0.05) is 38.9 Å². The lowest BCUT2D eigenvalue weighted by Gasteiger charge is -2.20. The molecule has 9 heteroatoms. The molecule has 0 spiro atoms. The Bertz CT molecular complexity index is 669. The van der Waals surface area contributed by atoms with Gasteiger partial charge < -0.3 is 15.6 Å². The maximum Gasteiger partial charge on any atom is 0.270 e. The quantitative estimate of drug-likeness (QED) is 0.737. The van der Waals surface area contributed by atoms with E-state index in [0.717, 1.165) is 25.9 Å². The molecule has 7 nitrogen and oxygen atoms in total. The van der Waals surface area contributed by atoms with Crippen molar-refractivity contribution in [2.24, 2.45) is 11.7 Å². The van der Waals surface area contributed by atoms with Crippen LogP contribution in [0.2, 0.25) is 0 Å². The van der Waals surface area contributed by atoms with Crippen LogP contribution in [0.25, 0.3) is 0 Å². The molecule has 2 rings (SSSR count). The zero-order chi connectivity index (χ0) is 17.9. The number of likely N-dealkylation sites (tertiary alicyclic amines) is 1. The first kappa shape index (κ1) is 22.0. The first-order chi connectivity index (χ1) is 11.2. The summed E-state index contributed by atoms with van der Waals surface area (Å²) in [6.07, 6.45) is 3.97. The van der Waals surface area contributed by atoms with Gasteiger partial charge in [0.15, 0.2) is 0 Å². The summed E-state index contributed by atoms with van der Waals surface area (Å²) in [6.45, 7) is 5.84. The van der Waals surface area contributed by atoms with E-state index in [0.29, 0.717) is 24.6 Å². The third kappa shape index (κ3) is 5.20. The number of sulfonamides is 1. The number of hydrogen-bond donors (Lipinski definition) is 2. The summed E-state index contributed by atoms with van der Waals surface area (Å²) in [4.78, 5) is 17.0. The van der Waals surface area contributed by atoms with E-state index in [2.05, 4.69) is 4.98 Å². The summed E-state index contributed by atoms with van der Waals surface area (Å²) in [6, 6.07) is 1.38. The highest BCUT2D eigenvalue weighted by Crippen LogP contribution is 2.19. The summed E-state index contributed by atoms with van der Waals surface area (Å²) < 4.78 is 26.5. The van der Waals surface area contributed by atoms with Gasteiger partial charge in [0.25, 0.3) is 5.91 Å². The molecular formula is C16H29ClN4O3S. The zero-order valence-corrected chi connectivity index (χ0v) is 16.7. The largest absolute Gasteiger partial charge is 0.356 e. The second-order valence-electron chi connectivity index (χ2n) is 6.77. The molecule has 0 aliphatic carbocycles. The lowest BCUT2D eigenvalue weighted by atomic mass is 10.0. The molecule has 1 unspecified atom stereocenters. The van der Waals surface area contributed by atoms with Gasteiger partial charge in [0.05, 0.1) is 0 Å². The predicted molar refractivity (Wildman–Crippen MR) is 100 cm³/mol. The van der Waals surface area contributed by atoms with Gasteiger partial charge >= 0.3 is 0 Å². The Morgan fingerprint density at radius 1 is 1.36 bits per heavy atom. The molecule has 1 fully saturated rings. The minimum atomic E-state index is -3.62. The number of carbonyl (C=O) groups excluding carboxylic acids is 1. The summed E-state index contributed by atoms with van der Waals surface area (Å²) in [7, 11) is -2.08. The van der Waals surface area contributed by atoms with Gasteiger partial charge in [-0.25, -0.2) is 12.7 Å². The number of halogens is 1. The minimum Gasteiger partial charge on any atom is -0.356 e. The predicted octanol–water partition coefficient (Wildman–Crippen LogP) is 1.67. The summed E-state index contributed by atoms with van der Waals surface area (Å²) in [5.41, 5.74) is 6.30. The maximum atomic E-state index is 12.6. The van der Waals surface area contributed by atoms with E-state index in [1.807, 2.05) is 13.8 Å². The lowest BCUT2D eigenvalue weighted by Crippen LogP contribution is -2.34. The molecule has 1 amide bonds. The first-order valence-corrected chi connectivity index (χ1v) is 9.87. The molecule has 1 aromatic rings. The van der Waals surface area contributed by atoms with Gasteiger partial charge in [-0.3, -0.25) is 4.79 Å². The Kier molecular flexibility index (Phi) is 7.92. The molecule has 0 bridgehead atoms. The van der Waals surface area contributed by atoms with Crippen LogP contribution in [0.5, 0.6) is 0 Å². The molecule has 2 heterocycles. The Morgan fingerprint density at radius 2 is 1.96 bits per heavy atom. The third-order valence-electron chi connectivity index (χ3n) is 4.62. The van der Waals surface area contributed by atoms with Crippen molar-refractivity contribution in [3.8, 4) is 0 Å². The van der Waals surface area contributed by atoms with E-state index in [1.165, 1.54) is 23.6 Å². The number of nitrogens with two attached hydrogens (primary N) is 1. The molecule has 25 heavy (non-hydrogen) atoms. The van der Waals surface area contributed by atoms with Crippen molar-refractivity contribution in [2.75, 3.05) is 26.7 Å². The van der Waals surface area contributed by atoms with E-state index < -0.39 is 10.0 Å². The first-order valence-electron chi connectivity index (χ1n) is 8.43. The van der Waals surface area contributed by atoms with Gasteiger partial charge in [0.2, 0.25) is 10.0 Å². The van der Waals surface area contributed by atoms with Crippen LogP contribution in [-0.2, 0) is 10.0 Å². The molecule has 1 aliphatic rings. The van der Waals surface area contributed by atoms with E-state index in [9.17, 15) is 13.2 Å². The second-order valence-corrected chi connectivity index (χ2v) is 8.82. The van der Waals surface area contributed by atoms with Crippen molar-refractivity contribution in [3.05, 3.63) is 18.0 Å². The van der Waals surface area contributed by atoms with Gasteiger partial charge in [0.1, 0.15) is 10.6 Å². The van der Waals surface area contributed by atoms with Crippen LogP contribution in [0, 0.1) is 5.92 Å². The van der Waals surface area contributed by atoms with Crippen LogP contribution in [0.3, 0.4) is 0 Å². The highest BCUT2D eigenvalue weighted by atomic mass is 35.5. The number of H-pyrrole nitrogens is 1. The maximum absolute atomic E-state index is 12.6. The van der Waals surface area contributed by atoms with Crippen molar-refractivity contribution >= 4 is 28.3 Å². The number of nitrogens with one attached hydrogen (secondary N) is 1. The smallest absolute Gasteiger partial charge is 0.270 e. The Hall–Kier alpha value is -1.09. The minimum absolute atomic E-state index is 0. The molecule has 0 saturated carbocycles. The molecule has 1 aliphatic heterocycles. The Labute approximate surface area is 156 Å². The number of aromatic nitrogens is 1. The Balaban J connectivity index is 0.00000312. The van der Waals surface area contributed by atoms with Crippen LogP contribution in [0.15, 0.2) is 17.2 Å². The van der Waals surface area contributed by atoms with Crippen molar-refractivity contribution in [2.45, 2.75) is 44.0 Å². The molecular weight excluding hydrogens is 364 g/mol. The molecule has 0 aromatic carbocycles. The average Bonchev–Trinajstić information content (AvgIpc) is 3.22. The van der Waals surface area contributed by atoms with Crippen molar-refractivity contribution < 1.29 is 13.2 Å². The second kappa shape index (κ2) is 9.02. The monoisotopic (exact) mass is 392 g/mol. The fraction of sp³-hybridized carbons (Fsp3) is 0.688. The van der Waals surface area contributed by atoms with E-state index in [-0.39, 0.29) is 29.3 Å². The van der Waals surface area contributed by atoms with E-state index >= 15 is 0 Å². The highest BCUT2D eigenvalue weighted by Gasteiger charge is 2.26. The van der Waals surface area contributed by atoms with Crippen molar-refractivity contribution in [1.82, 2.24) is 14.2 Å². The van der Waals surface area contributed by atoms with Crippen molar-refractivity contribution in [1.29, 1.82) is 0 Å². The number of hydrogen-bond acceptors (Lipinski definition) is 4. The molecule has 0 radical (unpaired) electrons. The number of aromatic amines is 1. The summed E-state index contributed by atoms with van der Waals surface area (Å²) in [5.74, 6) is 0.163. The topological polar surface area (TPSA) is 99.5 Å². The molecule has 1 atom stereocenters. The van der Waals surface area contributed by atoms with Crippen LogP contribution >= 0.6 is 12.4 Å². The number of carbonyl (C=O) groups is 1. The van der Waals surface area contributed by atoms with Crippen LogP contribution < -0.4 is 5.73 Å². The zero-order valence-electron chi connectivity index (χ0n) is 15.1. The van der Waals surface area contributed by atoms with Gasteiger partial charge in [-0.05, 0) is 31.2 Å². The van der Waals surface area contributed by atoms with Crippen LogP contribution in [0.4, 0.5) is 0 Å². The van der Waals surface area contributed by atoms with Gasteiger partial charge in [-0.2, -0.15) is 0 Å². The van der Waals surface area contributed by atoms with Crippen LogP contribution in [-0.4, -0.2) is 61.2 Å². The van der Waals surface area contributed by atoms with Gasteiger partial charge in [-0.15, -0.1) is 12.4 Å². The van der Waals surface area contributed by atoms with E-state index in [1.54, 1.807) is 4.90 Å². The molecule has 144 valence electrons. The standard InChI is InChI=1S/C16H28N4O3S.ClH/c1-12(2)14(17)6-9-19(3)24(22,23)13-10-15(18-11-13)16(21)20-7-4-5-8-20;/h10-12,14,18H,4-9,17H2,1-3H3;1H. The molecule has 1 aromatic heterocycles. The van der Waals surface area contributed by atoms with Gasteiger partial charge in [-0.1, -0.05) is 13.8 Å². The lowest BCUT2D eigenvalue weighted by molar-refractivity contribution is 0.0787. The van der Waals surface area contributed by atoms with Crippen molar-refractivity contribution in [3.63, 3.8) is 0 Å². The molecule has 1 saturated heterocycles. The summed E-state index contributed by atoms with van der Waals surface area (Å²) >= 11 is 0. The number of nitrogens with zero attached hydrogens (tertiary/aromatic N) is 2. The fourth-order valence-electron chi connectivity index (χ4n) is 2.70. The highest BCUT2D eigenvalue weighted by molar-refractivity contribution is 7.89. The van der Waals surface area contributed by atoms with E-state index in [4.69, 9.17) is 5.73 Å². The normalized spacial score (nSPS) is 16.3. The average molecular weight is 393 g/mol. The number of rotatable bonds is 7. The van der Waals surface area contributed by atoms with Crippen LogP contribution in [0.1, 0.15) is 43.6 Å². The fourth-order valence-corrected chi connectivity index (χ4v) is 3.88. The SMILES string of the molecule is CC(C)C(N)CCN(C)S(=O)(=O)c1c[nH]c(C(=O)N2CCCC2)c1.Cl.